The van der Waals surface area contributed by atoms with Crippen LogP contribution in [0.1, 0.15) is 16.7 Å². The first kappa shape index (κ1) is 19.4. The third kappa shape index (κ3) is 5.83. The Labute approximate surface area is 153 Å². The minimum absolute atomic E-state index is 0.181. The van der Waals surface area contributed by atoms with Gasteiger partial charge < -0.3 is 9.80 Å². The van der Waals surface area contributed by atoms with Crippen molar-refractivity contribution in [3.05, 3.63) is 77.1 Å². The van der Waals surface area contributed by atoms with Crippen LogP contribution in [0, 0.1) is 17.1 Å². The average Bonchev–Trinajstić information content (AvgIpc) is 2.64. The van der Waals surface area contributed by atoms with E-state index in [1.807, 2.05) is 31.1 Å². The number of hydrogen-bond donors (Lipinski definition) is 0. The van der Waals surface area contributed by atoms with Gasteiger partial charge in [-0.05, 0) is 43.9 Å². The van der Waals surface area contributed by atoms with Crippen LogP contribution in [0.5, 0.6) is 0 Å². The van der Waals surface area contributed by atoms with Gasteiger partial charge in [-0.25, -0.2) is 4.39 Å². The van der Waals surface area contributed by atoms with Crippen molar-refractivity contribution in [3.8, 4) is 6.07 Å². The summed E-state index contributed by atoms with van der Waals surface area (Å²) in [5.74, 6) is -0.539. The van der Waals surface area contributed by atoms with Crippen molar-refractivity contribution in [1.29, 1.82) is 5.26 Å². The third-order valence-corrected chi connectivity index (χ3v) is 3.90. The molecule has 5 heteroatoms. The summed E-state index contributed by atoms with van der Waals surface area (Å²) in [7, 11) is 3.89. The van der Waals surface area contributed by atoms with Crippen molar-refractivity contribution in [3.63, 3.8) is 0 Å². The van der Waals surface area contributed by atoms with E-state index in [0.717, 1.165) is 12.1 Å². The highest BCUT2D eigenvalue weighted by Gasteiger charge is 2.12. The first-order valence-corrected chi connectivity index (χ1v) is 8.35. The summed E-state index contributed by atoms with van der Waals surface area (Å²) in [6, 6.07) is 15.6. The monoisotopic (exact) mass is 351 g/mol. The molecule has 0 saturated carbocycles. The Hall–Kier alpha value is -2.97. The maximum atomic E-state index is 13.7. The molecule has 0 radical (unpaired) electrons. The van der Waals surface area contributed by atoms with Crippen molar-refractivity contribution in [2.75, 3.05) is 27.2 Å². The molecule has 0 unspecified atom stereocenters. The molecule has 0 bridgehead atoms. The highest BCUT2D eigenvalue weighted by atomic mass is 19.1. The minimum Gasteiger partial charge on any atom is -0.334 e. The normalized spacial score (nSPS) is 10.9. The summed E-state index contributed by atoms with van der Waals surface area (Å²) in [6.07, 6.45) is 2.90. The van der Waals surface area contributed by atoms with Crippen LogP contribution in [0.3, 0.4) is 0 Å². The summed E-state index contributed by atoms with van der Waals surface area (Å²) in [6.45, 7) is 1.70. The fraction of sp³-hybridized carbons (Fsp3) is 0.238. The van der Waals surface area contributed by atoms with Gasteiger partial charge in [-0.2, -0.15) is 5.26 Å². The quantitative estimate of drug-likeness (QED) is 0.719. The van der Waals surface area contributed by atoms with Gasteiger partial charge in [-0.1, -0.05) is 30.3 Å². The summed E-state index contributed by atoms with van der Waals surface area (Å²) < 4.78 is 13.7. The maximum Gasteiger partial charge on any atom is 0.246 e. The van der Waals surface area contributed by atoms with Crippen LogP contribution >= 0.6 is 0 Å². The zero-order valence-electron chi connectivity index (χ0n) is 15.0. The molecule has 134 valence electrons. The van der Waals surface area contributed by atoms with Crippen LogP contribution in [0.15, 0.2) is 54.6 Å². The van der Waals surface area contributed by atoms with Crippen LogP contribution in [0.4, 0.5) is 4.39 Å². The van der Waals surface area contributed by atoms with E-state index in [4.69, 9.17) is 5.26 Å². The first-order valence-electron chi connectivity index (χ1n) is 8.35. The second-order valence-corrected chi connectivity index (χ2v) is 6.23. The van der Waals surface area contributed by atoms with E-state index in [1.54, 1.807) is 35.2 Å². The summed E-state index contributed by atoms with van der Waals surface area (Å²) in [5, 5.41) is 8.88. The zero-order valence-corrected chi connectivity index (χ0v) is 15.0. The molecular weight excluding hydrogens is 329 g/mol. The Morgan fingerprint density at radius 1 is 1.12 bits per heavy atom. The number of carbonyl (C=O) groups is 1. The second-order valence-electron chi connectivity index (χ2n) is 6.23. The van der Waals surface area contributed by atoms with Gasteiger partial charge in [0.15, 0.2) is 0 Å². The number of likely N-dealkylation sites (N-methyl/N-ethyl adjacent to an activating group) is 1. The lowest BCUT2D eigenvalue weighted by molar-refractivity contribution is -0.126. The molecule has 0 fully saturated rings. The molecule has 2 rings (SSSR count). The number of amides is 1. The van der Waals surface area contributed by atoms with E-state index in [0.29, 0.717) is 24.2 Å². The molecule has 0 heterocycles. The highest BCUT2D eigenvalue weighted by molar-refractivity contribution is 5.91. The van der Waals surface area contributed by atoms with E-state index in [2.05, 4.69) is 6.07 Å². The smallest absolute Gasteiger partial charge is 0.246 e. The molecule has 0 N–H and O–H groups in total. The molecule has 2 aromatic carbocycles. The third-order valence-electron chi connectivity index (χ3n) is 3.90. The molecular formula is C21H22FN3O. The minimum atomic E-state index is -0.358. The molecule has 0 saturated heterocycles. The van der Waals surface area contributed by atoms with Gasteiger partial charge in [0.05, 0.1) is 11.6 Å². The molecule has 0 aliphatic carbocycles. The lowest BCUT2D eigenvalue weighted by atomic mass is 10.1. The molecule has 2 aromatic rings. The Morgan fingerprint density at radius 2 is 1.81 bits per heavy atom. The van der Waals surface area contributed by atoms with E-state index < -0.39 is 0 Å². The topological polar surface area (TPSA) is 47.3 Å². The number of nitriles is 1. The predicted molar refractivity (Wildman–Crippen MR) is 101 cm³/mol. The van der Waals surface area contributed by atoms with Gasteiger partial charge in [0.1, 0.15) is 5.82 Å². The lowest BCUT2D eigenvalue weighted by Gasteiger charge is -2.23. The summed E-state index contributed by atoms with van der Waals surface area (Å²) in [4.78, 5) is 16.3. The van der Waals surface area contributed by atoms with E-state index >= 15 is 0 Å². The van der Waals surface area contributed by atoms with Crippen molar-refractivity contribution in [2.45, 2.75) is 6.54 Å². The van der Waals surface area contributed by atoms with Crippen LogP contribution in [0.25, 0.3) is 6.08 Å². The maximum absolute atomic E-state index is 13.7. The van der Waals surface area contributed by atoms with E-state index in [9.17, 15) is 9.18 Å². The van der Waals surface area contributed by atoms with Gasteiger partial charge in [-0.15, -0.1) is 0 Å². The van der Waals surface area contributed by atoms with Crippen LogP contribution < -0.4 is 0 Å². The number of hydrogen-bond acceptors (Lipinski definition) is 3. The van der Waals surface area contributed by atoms with E-state index in [1.165, 1.54) is 18.2 Å². The molecule has 0 atom stereocenters. The largest absolute Gasteiger partial charge is 0.334 e. The van der Waals surface area contributed by atoms with Crippen LogP contribution in [0.2, 0.25) is 0 Å². The van der Waals surface area contributed by atoms with Crippen molar-refractivity contribution in [1.82, 2.24) is 9.80 Å². The molecule has 0 aliphatic heterocycles. The highest BCUT2D eigenvalue weighted by Crippen LogP contribution is 2.11. The lowest BCUT2D eigenvalue weighted by Crippen LogP contribution is -2.35. The summed E-state index contributed by atoms with van der Waals surface area (Å²) >= 11 is 0. The van der Waals surface area contributed by atoms with Crippen LogP contribution in [-0.4, -0.2) is 42.9 Å². The number of carbonyl (C=O) groups excluding carboxylic acids is 1. The van der Waals surface area contributed by atoms with Gasteiger partial charge in [0.2, 0.25) is 5.91 Å². The Balaban J connectivity index is 2.13. The Kier molecular flexibility index (Phi) is 7.07. The molecule has 4 nitrogen and oxygen atoms in total. The van der Waals surface area contributed by atoms with Gasteiger partial charge in [0, 0.05) is 31.3 Å². The fourth-order valence-electron chi connectivity index (χ4n) is 2.37. The SMILES string of the molecule is CN(C)CCN(Cc1ccc(C#N)cc1)C(=O)/C=C/c1ccccc1F. The average molecular weight is 351 g/mol. The number of rotatable bonds is 7. The van der Waals surface area contributed by atoms with Crippen molar-refractivity contribution < 1.29 is 9.18 Å². The second kappa shape index (κ2) is 9.50. The fourth-order valence-corrected chi connectivity index (χ4v) is 2.37. The van der Waals surface area contributed by atoms with Crippen molar-refractivity contribution in [2.24, 2.45) is 0 Å². The first-order chi connectivity index (χ1) is 12.5. The molecule has 0 aromatic heterocycles. The Morgan fingerprint density at radius 3 is 2.42 bits per heavy atom. The number of nitrogens with zero attached hydrogens (tertiary/aromatic N) is 3. The number of benzene rings is 2. The molecule has 26 heavy (non-hydrogen) atoms. The van der Waals surface area contributed by atoms with Crippen molar-refractivity contribution >= 4 is 12.0 Å². The standard InChI is InChI=1S/C21H22FN3O/c1-24(2)13-14-25(16-18-9-7-17(15-23)8-10-18)21(26)12-11-19-5-3-4-6-20(19)22/h3-12H,13-14,16H2,1-2H3/b12-11+. The van der Waals surface area contributed by atoms with Gasteiger partial charge in [0.25, 0.3) is 0 Å². The van der Waals surface area contributed by atoms with Gasteiger partial charge >= 0.3 is 0 Å². The predicted octanol–water partition coefficient (Wildman–Crippen LogP) is 3.30. The zero-order chi connectivity index (χ0) is 18.9. The summed E-state index contributed by atoms with van der Waals surface area (Å²) in [5.41, 5.74) is 1.90. The van der Waals surface area contributed by atoms with Crippen LogP contribution in [-0.2, 0) is 11.3 Å². The molecule has 0 spiro atoms. The number of halogens is 1. The van der Waals surface area contributed by atoms with Gasteiger partial charge in [-0.3, -0.25) is 4.79 Å². The Bertz CT molecular complexity index is 807. The molecule has 0 aliphatic rings. The molecule has 1 amide bonds. The van der Waals surface area contributed by atoms with E-state index in [-0.39, 0.29) is 11.7 Å².